The normalized spacial score (nSPS) is 14.0. The van der Waals surface area contributed by atoms with E-state index in [4.69, 9.17) is 0 Å². The monoisotopic (exact) mass is 338 g/mol. The number of rotatable bonds is 5. The van der Waals surface area contributed by atoms with Crippen LogP contribution in [0.4, 0.5) is 10.1 Å². The van der Waals surface area contributed by atoms with Gasteiger partial charge in [0.2, 0.25) is 0 Å². The number of hydrogen-bond donors (Lipinski definition) is 2. The number of hydrogen-bond acceptors (Lipinski definition) is 2. The van der Waals surface area contributed by atoms with E-state index in [1.807, 2.05) is 6.07 Å². The van der Waals surface area contributed by atoms with Gasteiger partial charge in [-0.05, 0) is 23.8 Å². The Bertz CT molecular complexity index is 762. The molecule has 0 saturated heterocycles. The molecular formula is C20H23FN4. The van der Waals surface area contributed by atoms with Gasteiger partial charge in [-0.15, -0.1) is 0 Å². The lowest BCUT2D eigenvalue weighted by Crippen LogP contribution is -2.36. The van der Waals surface area contributed by atoms with Crippen LogP contribution in [0.25, 0.3) is 0 Å². The highest BCUT2D eigenvalue weighted by atomic mass is 19.1. The molecule has 1 aliphatic rings. The molecule has 0 unspecified atom stereocenters. The largest absolute Gasteiger partial charge is 0.364 e. The predicted octanol–water partition coefficient (Wildman–Crippen LogP) is 3.07. The summed E-state index contributed by atoms with van der Waals surface area (Å²) in [5.74, 6) is 0.439. The molecule has 0 radical (unpaired) electrons. The van der Waals surface area contributed by atoms with Gasteiger partial charge in [-0.2, -0.15) is 0 Å². The van der Waals surface area contributed by atoms with Crippen molar-refractivity contribution in [1.82, 2.24) is 10.6 Å². The quantitative estimate of drug-likeness (QED) is 0.500. The van der Waals surface area contributed by atoms with Crippen molar-refractivity contribution in [3.05, 3.63) is 77.6 Å². The van der Waals surface area contributed by atoms with E-state index in [1.54, 1.807) is 19.2 Å². The van der Waals surface area contributed by atoms with E-state index < -0.39 is 0 Å². The summed E-state index contributed by atoms with van der Waals surface area (Å²) in [6, 6.07) is 15.2. The van der Waals surface area contributed by atoms with E-state index in [9.17, 15) is 4.39 Å². The van der Waals surface area contributed by atoms with Crippen LogP contribution in [0.2, 0.25) is 0 Å². The first-order valence-electron chi connectivity index (χ1n) is 8.43. The van der Waals surface area contributed by atoms with Gasteiger partial charge in [-0.3, -0.25) is 4.99 Å². The van der Waals surface area contributed by atoms with E-state index in [2.05, 4.69) is 56.9 Å². The number of anilines is 1. The summed E-state index contributed by atoms with van der Waals surface area (Å²) in [4.78, 5) is 6.51. The lowest BCUT2D eigenvalue weighted by Gasteiger charge is -2.19. The number of nitrogens with zero attached hydrogens (tertiary/aromatic N) is 2. The van der Waals surface area contributed by atoms with Gasteiger partial charge in [0.1, 0.15) is 5.82 Å². The van der Waals surface area contributed by atoms with Gasteiger partial charge in [0.25, 0.3) is 0 Å². The van der Waals surface area contributed by atoms with E-state index in [1.165, 1.54) is 17.3 Å². The molecule has 2 aromatic carbocycles. The fourth-order valence-electron chi connectivity index (χ4n) is 2.78. The molecule has 0 saturated carbocycles. The van der Waals surface area contributed by atoms with E-state index in [-0.39, 0.29) is 5.82 Å². The second-order valence-electron chi connectivity index (χ2n) is 5.92. The van der Waals surface area contributed by atoms with Gasteiger partial charge in [0.15, 0.2) is 5.96 Å². The fourth-order valence-corrected chi connectivity index (χ4v) is 2.78. The maximum absolute atomic E-state index is 13.7. The van der Waals surface area contributed by atoms with Crippen molar-refractivity contribution in [3.63, 3.8) is 0 Å². The molecule has 4 nitrogen and oxygen atoms in total. The second kappa shape index (κ2) is 8.33. The molecule has 1 heterocycles. The van der Waals surface area contributed by atoms with Crippen LogP contribution < -0.4 is 15.5 Å². The minimum atomic E-state index is -0.211. The second-order valence-corrected chi connectivity index (χ2v) is 5.92. The summed E-state index contributed by atoms with van der Waals surface area (Å²) in [7, 11) is 1.71. The lowest BCUT2D eigenvalue weighted by atomic mass is 10.2. The third-order valence-electron chi connectivity index (χ3n) is 4.18. The molecule has 0 atom stereocenters. The molecule has 3 rings (SSSR count). The minimum Gasteiger partial charge on any atom is -0.364 e. The molecular weight excluding hydrogens is 315 g/mol. The molecule has 0 bridgehead atoms. The number of benzene rings is 2. The zero-order valence-corrected chi connectivity index (χ0v) is 14.4. The summed E-state index contributed by atoms with van der Waals surface area (Å²) in [5, 5.41) is 6.42. The molecule has 0 aliphatic carbocycles. The third-order valence-corrected chi connectivity index (χ3v) is 4.18. The molecule has 0 fully saturated rings. The molecule has 0 aromatic heterocycles. The minimum absolute atomic E-state index is 0.211. The summed E-state index contributed by atoms with van der Waals surface area (Å²) in [6.45, 7) is 2.98. The smallest absolute Gasteiger partial charge is 0.191 e. The van der Waals surface area contributed by atoms with Crippen molar-refractivity contribution >= 4 is 11.6 Å². The summed E-state index contributed by atoms with van der Waals surface area (Å²) in [6.07, 6.45) is 4.36. The molecule has 5 heteroatoms. The zero-order valence-electron chi connectivity index (χ0n) is 14.4. The van der Waals surface area contributed by atoms with Crippen LogP contribution in [0.1, 0.15) is 11.1 Å². The Morgan fingerprint density at radius 3 is 2.56 bits per heavy atom. The highest BCUT2D eigenvalue weighted by Crippen LogP contribution is 2.18. The summed E-state index contributed by atoms with van der Waals surface area (Å²) >= 11 is 0. The number of nitrogens with one attached hydrogen (secondary N) is 2. The Labute approximate surface area is 148 Å². The molecule has 1 aliphatic heterocycles. The van der Waals surface area contributed by atoms with E-state index in [0.29, 0.717) is 24.6 Å². The molecule has 130 valence electrons. The van der Waals surface area contributed by atoms with Crippen molar-refractivity contribution in [2.24, 2.45) is 4.99 Å². The van der Waals surface area contributed by atoms with Crippen LogP contribution >= 0.6 is 0 Å². The fraction of sp³-hybridized carbons (Fsp3) is 0.250. The molecule has 2 aromatic rings. The number of guanidine groups is 1. The van der Waals surface area contributed by atoms with Crippen LogP contribution in [-0.2, 0) is 13.1 Å². The van der Waals surface area contributed by atoms with Crippen molar-refractivity contribution in [2.45, 2.75) is 13.1 Å². The zero-order chi connectivity index (χ0) is 17.5. The predicted molar refractivity (Wildman–Crippen MR) is 101 cm³/mol. The lowest BCUT2D eigenvalue weighted by molar-refractivity contribution is 0.604. The van der Waals surface area contributed by atoms with E-state index >= 15 is 0 Å². The van der Waals surface area contributed by atoms with Crippen molar-refractivity contribution in [2.75, 3.05) is 25.0 Å². The molecule has 25 heavy (non-hydrogen) atoms. The molecule has 0 spiro atoms. The average molecular weight is 338 g/mol. The highest BCUT2D eigenvalue weighted by molar-refractivity contribution is 5.79. The van der Waals surface area contributed by atoms with Crippen molar-refractivity contribution in [1.29, 1.82) is 0 Å². The van der Waals surface area contributed by atoms with Gasteiger partial charge < -0.3 is 15.5 Å². The Hall–Kier alpha value is -2.82. The van der Waals surface area contributed by atoms with Crippen LogP contribution in [0, 0.1) is 5.82 Å². The SMILES string of the molecule is CN=C(NCc1cccc(N2CC=CC2)c1)NCc1ccccc1F. The topological polar surface area (TPSA) is 39.7 Å². The van der Waals surface area contributed by atoms with Gasteiger partial charge in [-0.25, -0.2) is 4.39 Å². The average Bonchev–Trinajstić information content (AvgIpc) is 3.18. The highest BCUT2D eigenvalue weighted by Gasteiger charge is 2.08. The van der Waals surface area contributed by atoms with Crippen LogP contribution in [0.5, 0.6) is 0 Å². The number of halogens is 1. The Kier molecular flexibility index (Phi) is 5.67. The van der Waals surface area contributed by atoms with Gasteiger partial charge in [0, 0.05) is 44.5 Å². The molecule has 2 N–H and O–H groups in total. The maximum atomic E-state index is 13.7. The van der Waals surface area contributed by atoms with Crippen LogP contribution in [0.3, 0.4) is 0 Å². The van der Waals surface area contributed by atoms with Crippen molar-refractivity contribution in [3.8, 4) is 0 Å². The number of aliphatic imine (C=N–C) groups is 1. The Balaban J connectivity index is 1.54. The van der Waals surface area contributed by atoms with Crippen LogP contribution in [0.15, 0.2) is 65.7 Å². The Morgan fingerprint density at radius 2 is 1.80 bits per heavy atom. The summed E-state index contributed by atoms with van der Waals surface area (Å²) < 4.78 is 13.7. The maximum Gasteiger partial charge on any atom is 0.191 e. The van der Waals surface area contributed by atoms with Gasteiger partial charge in [-0.1, -0.05) is 42.5 Å². The first kappa shape index (κ1) is 17.0. The van der Waals surface area contributed by atoms with Gasteiger partial charge in [0.05, 0.1) is 0 Å². The van der Waals surface area contributed by atoms with Crippen LogP contribution in [-0.4, -0.2) is 26.1 Å². The Morgan fingerprint density at radius 1 is 1.04 bits per heavy atom. The summed E-state index contributed by atoms with van der Waals surface area (Å²) in [5.41, 5.74) is 3.02. The van der Waals surface area contributed by atoms with E-state index in [0.717, 1.165) is 13.1 Å². The van der Waals surface area contributed by atoms with Crippen molar-refractivity contribution < 1.29 is 4.39 Å². The third kappa shape index (κ3) is 4.59. The van der Waals surface area contributed by atoms with Gasteiger partial charge >= 0.3 is 0 Å². The molecule has 0 amide bonds. The first-order valence-corrected chi connectivity index (χ1v) is 8.43. The standard InChI is InChI=1S/C20H23FN4/c1-22-20(24-15-17-8-2-3-10-19(17)21)23-14-16-7-6-9-18(13-16)25-11-4-5-12-25/h2-10,13H,11-12,14-15H2,1H3,(H2,22,23,24). The first-order chi connectivity index (χ1) is 12.3.